The van der Waals surface area contributed by atoms with Gasteiger partial charge in [0.15, 0.2) is 0 Å². The molecule has 0 aliphatic carbocycles. The molecule has 1 N–H and O–H groups in total. The molecule has 0 aromatic heterocycles. The molecule has 1 heterocycles. The van der Waals surface area contributed by atoms with Gasteiger partial charge in [0.05, 0.1) is 11.5 Å². The van der Waals surface area contributed by atoms with Crippen LogP contribution in [0.4, 0.5) is 24.5 Å². The molecule has 1 fully saturated rings. The number of hydrogen-bond acceptors (Lipinski definition) is 2. The molecule has 142 valence electrons. The first kappa shape index (κ1) is 18.9. The topological polar surface area (TPSA) is 49.4 Å². The zero-order valence-corrected chi connectivity index (χ0v) is 14.9. The molecule has 1 aliphatic rings. The summed E-state index contributed by atoms with van der Waals surface area (Å²) in [5.74, 6) is -1.30. The van der Waals surface area contributed by atoms with Gasteiger partial charge >= 0.3 is 6.18 Å². The Labute approximate surface area is 155 Å². The fourth-order valence-electron chi connectivity index (χ4n) is 3.27. The van der Waals surface area contributed by atoms with Gasteiger partial charge in [0.2, 0.25) is 11.8 Å². The van der Waals surface area contributed by atoms with Crippen molar-refractivity contribution >= 4 is 23.2 Å². The number of alkyl halides is 3. The van der Waals surface area contributed by atoms with E-state index in [0.29, 0.717) is 5.69 Å². The Morgan fingerprint density at radius 1 is 1.11 bits per heavy atom. The van der Waals surface area contributed by atoms with E-state index in [2.05, 4.69) is 5.32 Å². The van der Waals surface area contributed by atoms with Crippen LogP contribution in [0.25, 0.3) is 0 Å². The zero-order valence-electron chi connectivity index (χ0n) is 14.9. The summed E-state index contributed by atoms with van der Waals surface area (Å²) in [6.07, 6.45) is -4.52. The largest absolute Gasteiger partial charge is 0.416 e. The van der Waals surface area contributed by atoms with E-state index in [1.165, 1.54) is 17.0 Å². The first-order valence-corrected chi connectivity index (χ1v) is 8.50. The molecule has 1 saturated heterocycles. The fraction of sp³-hybridized carbons (Fsp3) is 0.300. The number of amides is 2. The smallest absolute Gasteiger partial charge is 0.326 e. The molecule has 0 spiro atoms. The lowest BCUT2D eigenvalue weighted by Crippen LogP contribution is -2.28. The highest BCUT2D eigenvalue weighted by molar-refractivity contribution is 6.03. The number of nitrogens with zero attached hydrogens (tertiary/aromatic N) is 1. The third-order valence-corrected chi connectivity index (χ3v) is 4.47. The number of anilines is 2. The van der Waals surface area contributed by atoms with E-state index in [9.17, 15) is 22.8 Å². The summed E-state index contributed by atoms with van der Waals surface area (Å²) in [7, 11) is 0. The van der Waals surface area contributed by atoms with Gasteiger partial charge in [-0.3, -0.25) is 9.59 Å². The fourth-order valence-corrected chi connectivity index (χ4v) is 3.27. The van der Waals surface area contributed by atoms with Crippen LogP contribution in [0.3, 0.4) is 0 Å². The number of rotatable bonds is 3. The Bertz CT molecular complexity index is 873. The van der Waals surface area contributed by atoms with E-state index in [1.54, 1.807) is 0 Å². The predicted molar refractivity (Wildman–Crippen MR) is 96.4 cm³/mol. The summed E-state index contributed by atoms with van der Waals surface area (Å²) in [6, 6.07) is 10.2. The lowest BCUT2D eigenvalue weighted by atomic mass is 10.1. The number of carbonyl (C=O) groups excluding carboxylic acids is 2. The van der Waals surface area contributed by atoms with Crippen LogP contribution in [0.15, 0.2) is 42.5 Å². The first-order chi connectivity index (χ1) is 12.6. The Hall–Kier alpha value is -2.83. The summed E-state index contributed by atoms with van der Waals surface area (Å²) in [5.41, 5.74) is 1.96. The van der Waals surface area contributed by atoms with Crippen LogP contribution in [0.2, 0.25) is 0 Å². The van der Waals surface area contributed by atoms with Gasteiger partial charge in [-0.05, 0) is 55.3 Å². The molecule has 1 aliphatic heterocycles. The van der Waals surface area contributed by atoms with Crippen molar-refractivity contribution < 1.29 is 22.8 Å². The highest BCUT2D eigenvalue weighted by Crippen LogP contribution is 2.33. The highest BCUT2D eigenvalue weighted by atomic mass is 19.4. The molecule has 0 radical (unpaired) electrons. The normalized spacial score (nSPS) is 17.3. The second kappa shape index (κ2) is 7.06. The Morgan fingerprint density at radius 2 is 1.78 bits per heavy atom. The van der Waals surface area contributed by atoms with Crippen molar-refractivity contribution in [2.24, 2.45) is 5.92 Å². The van der Waals surface area contributed by atoms with Crippen molar-refractivity contribution in [2.75, 3.05) is 16.8 Å². The maximum Gasteiger partial charge on any atom is 0.416 e. The summed E-state index contributed by atoms with van der Waals surface area (Å²) in [6.45, 7) is 3.88. The van der Waals surface area contributed by atoms with E-state index in [-0.39, 0.29) is 30.5 Å². The Balaban J connectivity index is 1.74. The average molecular weight is 376 g/mol. The number of hydrogen-bond donors (Lipinski definition) is 1. The average Bonchev–Trinajstić information content (AvgIpc) is 2.95. The Morgan fingerprint density at radius 3 is 2.41 bits per heavy atom. The van der Waals surface area contributed by atoms with Gasteiger partial charge < -0.3 is 10.2 Å². The molecule has 7 heteroatoms. The molecule has 2 aromatic carbocycles. The van der Waals surface area contributed by atoms with Gasteiger partial charge in [0.25, 0.3) is 0 Å². The van der Waals surface area contributed by atoms with Crippen molar-refractivity contribution in [1.29, 1.82) is 0 Å². The van der Waals surface area contributed by atoms with Crippen molar-refractivity contribution in [3.63, 3.8) is 0 Å². The van der Waals surface area contributed by atoms with E-state index in [1.807, 2.05) is 32.0 Å². The second-order valence-corrected chi connectivity index (χ2v) is 6.82. The van der Waals surface area contributed by atoms with Gasteiger partial charge in [-0.2, -0.15) is 13.2 Å². The van der Waals surface area contributed by atoms with Crippen LogP contribution in [0.5, 0.6) is 0 Å². The van der Waals surface area contributed by atoms with Gasteiger partial charge in [-0.15, -0.1) is 0 Å². The summed E-state index contributed by atoms with van der Waals surface area (Å²) < 4.78 is 38.7. The SMILES string of the molecule is Cc1cc(C)cc(NC(=O)C2CC(=O)N(c3cccc(C(F)(F)F)c3)C2)c1. The monoisotopic (exact) mass is 376 g/mol. The lowest BCUT2D eigenvalue weighted by Gasteiger charge is -2.18. The van der Waals surface area contributed by atoms with Gasteiger partial charge in [-0.25, -0.2) is 0 Å². The van der Waals surface area contributed by atoms with Crippen LogP contribution in [0.1, 0.15) is 23.1 Å². The van der Waals surface area contributed by atoms with E-state index in [4.69, 9.17) is 0 Å². The Kier molecular flexibility index (Phi) is 4.95. The van der Waals surface area contributed by atoms with Crippen LogP contribution in [-0.4, -0.2) is 18.4 Å². The van der Waals surface area contributed by atoms with E-state index < -0.39 is 17.7 Å². The van der Waals surface area contributed by atoms with E-state index in [0.717, 1.165) is 23.3 Å². The molecule has 2 aromatic rings. The molecular formula is C20H19F3N2O2. The predicted octanol–water partition coefficient (Wildman–Crippen LogP) is 4.31. The van der Waals surface area contributed by atoms with Gasteiger partial charge in [0, 0.05) is 24.3 Å². The lowest BCUT2D eigenvalue weighted by molar-refractivity contribution is -0.137. The first-order valence-electron chi connectivity index (χ1n) is 8.50. The molecule has 1 unspecified atom stereocenters. The van der Waals surface area contributed by atoms with Gasteiger partial charge in [-0.1, -0.05) is 12.1 Å². The molecule has 27 heavy (non-hydrogen) atoms. The number of aryl methyl sites for hydroxylation is 2. The van der Waals surface area contributed by atoms with Crippen LogP contribution in [0, 0.1) is 19.8 Å². The van der Waals surface area contributed by atoms with Crippen molar-refractivity contribution in [3.05, 3.63) is 59.2 Å². The molecule has 1 atom stereocenters. The summed E-state index contributed by atoms with van der Waals surface area (Å²) in [5, 5.41) is 2.80. The molecular weight excluding hydrogens is 357 g/mol. The number of nitrogens with one attached hydrogen (secondary N) is 1. The van der Waals surface area contributed by atoms with Crippen molar-refractivity contribution in [3.8, 4) is 0 Å². The van der Waals surface area contributed by atoms with Crippen molar-refractivity contribution in [2.45, 2.75) is 26.4 Å². The van der Waals surface area contributed by atoms with E-state index >= 15 is 0 Å². The highest BCUT2D eigenvalue weighted by Gasteiger charge is 2.37. The number of carbonyl (C=O) groups is 2. The second-order valence-electron chi connectivity index (χ2n) is 6.82. The minimum Gasteiger partial charge on any atom is -0.326 e. The third-order valence-electron chi connectivity index (χ3n) is 4.47. The standard InChI is InChI=1S/C20H19F3N2O2/c1-12-6-13(2)8-16(7-12)24-19(27)14-9-18(26)25(11-14)17-5-3-4-15(10-17)20(21,22)23/h3-8,10,14H,9,11H2,1-2H3,(H,24,27). The molecule has 3 rings (SSSR count). The minimum absolute atomic E-state index is 0.0348. The quantitative estimate of drug-likeness (QED) is 0.868. The summed E-state index contributed by atoms with van der Waals surface area (Å²) >= 11 is 0. The number of benzene rings is 2. The van der Waals surface area contributed by atoms with Crippen LogP contribution in [-0.2, 0) is 15.8 Å². The zero-order chi connectivity index (χ0) is 19.8. The van der Waals surface area contributed by atoms with Crippen LogP contribution < -0.4 is 10.2 Å². The maximum absolute atomic E-state index is 12.9. The third kappa shape index (κ3) is 4.30. The molecule has 0 saturated carbocycles. The molecule has 0 bridgehead atoms. The van der Waals surface area contributed by atoms with Crippen molar-refractivity contribution in [1.82, 2.24) is 0 Å². The minimum atomic E-state index is -4.49. The molecule has 2 amide bonds. The number of halogens is 3. The summed E-state index contributed by atoms with van der Waals surface area (Å²) in [4.78, 5) is 26.0. The maximum atomic E-state index is 12.9. The van der Waals surface area contributed by atoms with Gasteiger partial charge in [0.1, 0.15) is 0 Å². The molecule has 4 nitrogen and oxygen atoms in total. The van der Waals surface area contributed by atoms with Crippen LogP contribution >= 0.6 is 0 Å².